The lowest BCUT2D eigenvalue weighted by Gasteiger charge is -2.15. The predicted molar refractivity (Wildman–Crippen MR) is 130 cm³/mol. The molecule has 0 aliphatic carbocycles. The fourth-order valence-electron chi connectivity index (χ4n) is 3.96. The van der Waals surface area contributed by atoms with Crippen molar-refractivity contribution in [2.45, 2.75) is 37.6 Å². The van der Waals surface area contributed by atoms with E-state index >= 15 is 0 Å². The Bertz CT molecular complexity index is 1410. The van der Waals surface area contributed by atoms with Gasteiger partial charge in [0.05, 0.1) is 18.4 Å². The Balaban J connectivity index is 1.47. The molecule has 1 aliphatic rings. The van der Waals surface area contributed by atoms with Crippen LogP contribution >= 0.6 is 23.4 Å². The molecule has 9 heteroatoms. The van der Waals surface area contributed by atoms with Crippen LogP contribution in [0.5, 0.6) is 0 Å². The number of anilines is 1. The van der Waals surface area contributed by atoms with Crippen molar-refractivity contribution in [3.05, 3.63) is 63.4 Å². The van der Waals surface area contributed by atoms with Crippen molar-refractivity contribution < 1.29 is 13.9 Å². The molecule has 170 valence electrons. The van der Waals surface area contributed by atoms with Crippen LogP contribution in [0.2, 0.25) is 5.02 Å². The summed E-state index contributed by atoms with van der Waals surface area (Å²) in [7, 11) is 0. The van der Waals surface area contributed by atoms with E-state index in [2.05, 4.69) is 5.32 Å². The number of carbonyl (C=O) groups excluding carboxylic acids is 1. The summed E-state index contributed by atoms with van der Waals surface area (Å²) in [6.07, 6.45) is 1.78. The number of ether oxygens (including phenoxy) is 1. The molecule has 1 fully saturated rings. The summed E-state index contributed by atoms with van der Waals surface area (Å²) in [4.78, 5) is 30.8. The van der Waals surface area contributed by atoms with Crippen LogP contribution in [0, 0.1) is 6.92 Å². The molecule has 1 atom stereocenters. The van der Waals surface area contributed by atoms with Crippen molar-refractivity contribution in [1.29, 1.82) is 0 Å². The van der Waals surface area contributed by atoms with Gasteiger partial charge in [-0.05, 0) is 49.6 Å². The lowest BCUT2D eigenvalue weighted by molar-refractivity contribution is -0.113. The highest BCUT2D eigenvalue weighted by Gasteiger charge is 2.23. The van der Waals surface area contributed by atoms with Gasteiger partial charge in [0.25, 0.3) is 5.56 Å². The molecule has 0 bridgehead atoms. The third-order valence-electron chi connectivity index (χ3n) is 5.66. The monoisotopic (exact) mass is 483 g/mol. The van der Waals surface area contributed by atoms with Gasteiger partial charge < -0.3 is 14.5 Å². The van der Waals surface area contributed by atoms with Crippen molar-refractivity contribution in [3.8, 4) is 0 Å². The molecule has 1 N–H and O–H groups in total. The second kappa shape index (κ2) is 9.21. The van der Waals surface area contributed by atoms with Gasteiger partial charge in [-0.2, -0.15) is 0 Å². The first kappa shape index (κ1) is 22.0. The maximum absolute atomic E-state index is 13.4. The van der Waals surface area contributed by atoms with Crippen LogP contribution in [-0.2, 0) is 16.1 Å². The van der Waals surface area contributed by atoms with Gasteiger partial charge in [-0.25, -0.2) is 4.98 Å². The quantitative estimate of drug-likeness (QED) is 0.306. The molecule has 3 heterocycles. The normalized spacial score (nSPS) is 16.0. The molecule has 0 unspecified atom stereocenters. The first-order valence-corrected chi connectivity index (χ1v) is 12.1. The topological polar surface area (TPSA) is 86.4 Å². The fourth-order valence-corrected chi connectivity index (χ4v) is 4.94. The number of hydrogen-bond acceptors (Lipinski definition) is 6. The molecule has 1 aliphatic heterocycles. The zero-order valence-corrected chi connectivity index (χ0v) is 19.5. The number of thioether (sulfide) groups is 1. The standard InChI is InChI=1S/C24H22ClN3O4S/c1-14-8-9-15(25)11-18(14)26-20(29)13-33-24-27-21-17-6-2-3-7-19(17)32-22(21)23(30)28(24)12-16-5-4-10-31-16/h2-3,6-9,11,16H,4-5,10,12-13H2,1H3,(H,26,29)/t16-/m1/s1. The number of nitrogens with zero attached hydrogens (tertiary/aromatic N) is 2. The molecule has 0 saturated carbocycles. The summed E-state index contributed by atoms with van der Waals surface area (Å²) < 4.78 is 13.2. The average Bonchev–Trinajstić information content (AvgIpc) is 3.45. The van der Waals surface area contributed by atoms with Gasteiger partial charge in [-0.3, -0.25) is 14.2 Å². The van der Waals surface area contributed by atoms with E-state index in [9.17, 15) is 9.59 Å². The van der Waals surface area contributed by atoms with Gasteiger partial charge in [0.15, 0.2) is 5.16 Å². The number of furan rings is 1. The number of benzene rings is 2. The van der Waals surface area contributed by atoms with Crippen LogP contribution in [0.25, 0.3) is 22.1 Å². The molecular weight excluding hydrogens is 462 g/mol. The first-order chi connectivity index (χ1) is 16.0. The van der Waals surface area contributed by atoms with E-state index in [0.29, 0.717) is 40.1 Å². The number of nitrogens with one attached hydrogen (secondary N) is 1. The van der Waals surface area contributed by atoms with Gasteiger partial charge in [-0.15, -0.1) is 0 Å². The highest BCUT2D eigenvalue weighted by atomic mass is 35.5. The number of fused-ring (bicyclic) bond motifs is 3. The number of para-hydroxylation sites is 1. The lowest BCUT2D eigenvalue weighted by Crippen LogP contribution is -2.29. The van der Waals surface area contributed by atoms with Gasteiger partial charge in [0.1, 0.15) is 11.1 Å². The Labute approximate surface area is 199 Å². The third-order valence-corrected chi connectivity index (χ3v) is 6.87. The van der Waals surface area contributed by atoms with Crippen molar-refractivity contribution in [2.24, 2.45) is 0 Å². The summed E-state index contributed by atoms with van der Waals surface area (Å²) in [5.41, 5.74) is 2.65. The molecular formula is C24H22ClN3O4S. The number of aromatic nitrogens is 2. The van der Waals surface area contributed by atoms with E-state index in [1.807, 2.05) is 37.3 Å². The third kappa shape index (κ3) is 4.51. The molecule has 0 spiro atoms. The molecule has 2 aromatic heterocycles. The fraction of sp³-hybridized carbons (Fsp3) is 0.292. The smallest absolute Gasteiger partial charge is 0.297 e. The van der Waals surface area contributed by atoms with E-state index < -0.39 is 0 Å². The van der Waals surface area contributed by atoms with E-state index in [1.54, 1.807) is 16.7 Å². The summed E-state index contributed by atoms with van der Waals surface area (Å²) in [5.74, 6) is -0.119. The number of aryl methyl sites for hydroxylation is 1. The number of rotatable bonds is 6. The zero-order valence-electron chi connectivity index (χ0n) is 18.0. The molecule has 2 aromatic carbocycles. The van der Waals surface area contributed by atoms with Gasteiger partial charge in [0, 0.05) is 22.7 Å². The Morgan fingerprint density at radius 3 is 2.97 bits per heavy atom. The van der Waals surface area contributed by atoms with Crippen molar-refractivity contribution in [2.75, 3.05) is 17.7 Å². The molecule has 33 heavy (non-hydrogen) atoms. The van der Waals surface area contributed by atoms with E-state index in [-0.39, 0.29) is 28.9 Å². The SMILES string of the molecule is Cc1ccc(Cl)cc1NC(=O)CSc1nc2c(oc3ccccc32)c(=O)n1C[C@H]1CCCO1. The first-order valence-electron chi connectivity index (χ1n) is 10.7. The second-order valence-corrected chi connectivity index (χ2v) is 9.40. The van der Waals surface area contributed by atoms with Crippen molar-refractivity contribution in [1.82, 2.24) is 9.55 Å². The van der Waals surface area contributed by atoms with Crippen LogP contribution in [0.3, 0.4) is 0 Å². The largest absolute Gasteiger partial charge is 0.448 e. The number of halogens is 1. The summed E-state index contributed by atoms with van der Waals surface area (Å²) in [6.45, 7) is 2.96. The second-order valence-electron chi connectivity index (χ2n) is 8.02. The Hall–Kier alpha value is -2.81. The predicted octanol–water partition coefficient (Wildman–Crippen LogP) is 5.01. The van der Waals surface area contributed by atoms with Crippen molar-refractivity contribution >= 4 is 57.0 Å². The van der Waals surface area contributed by atoms with Crippen LogP contribution in [0.15, 0.2) is 56.8 Å². The van der Waals surface area contributed by atoms with E-state index in [4.69, 9.17) is 25.7 Å². The summed E-state index contributed by atoms with van der Waals surface area (Å²) in [5, 5.41) is 4.67. The van der Waals surface area contributed by atoms with Crippen LogP contribution in [0.4, 0.5) is 5.69 Å². The maximum atomic E-state index is 13.4. The zero-order chi connectivity index (χ0) is 22.9. The highest BCUT2D eigenvalue weighted by molar-refractivity contribution is 7.99. The van der Waals surface area contributed by atoms with Crippen LogP contribution in [-0.4, -0.2) is 33.9 Å². The average molecular weight is 484 g/mol. The maximum Gasteiger partial charge on any atom is 0.297 e. The van der Waals surface area contributed by atoms with Gasteiger partial charge in [-0.1, -0.05) is 41.6 Å². The van der Waals surface area contributed by atoms with Crippen molar-refractivity contribution in [3.63, 3.8) is 0 Å². The molecule has 4 aromatic rings. The molecule has 0 radical (unpaired) electrons. The molecule has 7 nitrogen and oxygen atoms in total. The van der Waals surface area contributed by atoms with Gasteiger partial charge in [0.2, 0.25) is 11.5 Å². The Kier molecular flexibility index (Phi) is 6.14. The summed E-state index contributed by atoms with van der Waals surface area (Å²) >= 11 is 7.28. The van der Waals surface area contributed by atoms with E-state index in [0.717, 1.165) is 23.8 Å². The van der Waals surface area contributed by atoms with E-state index in [1.165, 1.54) is 11.8 Å². The Morgan fingerprint density at radius 1 is 1.30 bits per heavy atom. The molecule has 1 saturated heterocycles. The lowest BCUT2D eigenvalue weighted by atomic mass is 10.2. The highest BCUT2D eigenvalue weighted by Crippen LogP contribution is 2.28. The van der Waals surface area contributed by atoms with Gasteiger partial charge >= 0.3 is 0 Å². The Morgan fingerprint density at radius 2 is 2.15 bits per heavy atom. The molecule has 1 amide bonds. The number of hydrogen-bond donors (Lipinski definition) is 1. The number of amides is 1. The minimum atomic E-state index is -0.264. The minimum Gasteiger partial charge on any atom is -0.448 e. The minimum absolute atomic E-state index is 0.0615. The molecule has 5 rings (SSSR count). The number of carbonyl (C=O) groups is 1. The van der Waals surface area contributed by atoms with Crippen LogP contribution < -0.4 is 10.9 Å². The summed E-state index contributed by atoms with van der Waals surface area (Å²) in [6, 6.07) is 12.8. The van der Waals surface area contributed by atoms with Crippen LogP contribution in [0.1, 0.15) is 18.4 Å².